The van der Waals surface area contributed by atoms with Crippen LogP contribution in [0.1, 0.15) is 22.4 Å². The van der Waals surface area contributed by atoms with Gasteiger partial charge in [0.1, 0.15) is 11.4 Å². The molecule has 0 saturated heterocycles. The number of pyridine rings is 1. The quantitative estimate of drug-likeness (QED) is 0.653. The van der Waals surface area contributed by atoms with Crippen LogP contribution >= 0.6 is 0 Å². The normalized spacial score (nSPS) is 11.8. The van der Waals surface area contributed by atoms with Gasteiger partial charge in [-0.25, -0.2) is 4.98 Å². The highest BCUT2D eigenvalue weighted by atomic mass is 32.2. The Balaban J connectivity index is 2.34. The Morgan fingerprint density at radius 3 is 2.15 bits per heavy atom. The first kappa shape index (κ1) is 18.3. The SMILES string of the molecule is COc1cc(C)c(-n2cc(C)c3c(OS(C)(=O)=O)cc(C)nc32)c(C)c1. The van der Waals surface area contributed by atoms with Crippen molar-refractivity contribution in [2.75, 3.05) is 13.4 Å². The van der Waals surface area contributed by atoms with Crippen LogP contribution < -0.4 is 8.92 Å². The van der Waals surface area contributed by atoms with Crippen molar-refractivity contribution in [1.29, 1.82) is 0 Å². The van der Waals surface area contributed by atoms with E-state index in [4.69, 9.17) is 8.92 Å². The van der Waals surface area contributed by atoms with Crippen LogP contribution in [0.25, 0.3) is 16.7 Å². The van der Waals surface area contributed by atoms with E-state index in [-0.39, 0.29) is 0 Å². The molecular formula is C19H22N2O4S. The Bertz CT molecular complexity index is 1090. The summed E-state index contributed by atoms with van der Waals surface area (Å²) in [6, 6.07) is 5.58. The second kappa shape index (κ2) is 6.32. The van der Waals surface area contributed by atoms with Crippen LogP contribution in [0.3, 0.4) is 0 Å². The van der Waals surface area contributed by atoms with Gasteiger partial charge in [0.2, 0.25) is 0 Å². The molecule has 138 valence electrons. The summed E-state index contributed by atoms with van der Waals surface area (Å²) in [7, 11) is -1.99. The van der Waals surface area contributed by atoms with Gasteiger partial charge in [0.25, 0.3) is 0 Å². The number of nitrogens with zero attached hydrogens (tertiary/aromatic N) is 2. The van der Waals surface area contributed by atoms with Crippen LogP contribution in [0.2, 0.25) is 0 Å². The third kappa shape index (κ3) is 3.26. The molecule has 0 bridgehead atoms. The number of benzene rings is 1. The number of fused-ring (bicyclic) bond motifs is 1. The second-order valence-corrected chi connectivity index (χ2v) is 8.11. The summed E-state index contributed by atoms with van der Waals surface area (Å²) in [5.74, 6) is 1.09. The van der Waals surface area contributed by atoms with Crippen molar-refractivity contribution >= 4 is 21.2 Å². The van der Waals surface area contributed by atoms with Crippen molar-refractivity contribution in [3.05, 3.63) is 46.8 Å². The molecule has 0 fully saturated rings. The van der Waals surface area contributed by atoms with Crippen LogP contribution in [0.5, 0.6) is 11.5 Å². The van der Waals surface area contributed by atoms with Gasteiger partial charge in [-0.05, 0) is 56.5 Å². The zero-order valence-electron chi connectivity index (χ0n) is 15.7. The maximum atomic E-state index is 11.7. The number of aromatic nitrogens is 2. The van der Waals surface area contributed by atoms with Gasteiger partial charge < -0.3 is 13.5 Å². The van der Waals surface area contributed by atoms with Crippen molar-refractivity contribution in [3.63, 3.8) is 0 Å². The molecule has 0 amide bonds. The average Bonchev–Trinajstić information content (AvgIpc) is 2.81. The van der Waals surface area contributed by atoms with E-state index in [9.17, 15) is 8.42 Å². The first-order valence-electron chi connectivity index (χ1n) is 8.15. The van der Waals surface area contributed by atoms with E-state index >= 15 is 0 Å². The first-order chi connectivity index (χ1) is 12.1. The monoisotopic (exact) mass is 374 g/mol. The average molecular weight is 374 g/mol. The van der Waals surface area contributed by atoms with E-state index in [1.54, 1.807) is 13.2 Å². The lowest BCUT2D eigenvalue weighted by atomic mass is 10.1. The first-order valence-corrected chi connectivity index (χ1v) is 9.96. The Kier molecular flexibility index (Phi) is 4.44. The summed E-state index contributed by atoms with van der Waals surface area (Å²) >= 11 is 0. The predicted octanol–water partition coefficient (Wildman–Crippen LogP) is 3.61. The van der Waals surface area contributed by atoms with Crippen molar-refractivity contribution in [2.45, 2.75) is 27.7 Å². The molecule has 6 nitrogen and oxygen atoms in total. The fourth-order valence-corrected chi connectivity index (χ4v) is 3.76. The number of hydrogen-bond acceptors (Lipinski definition) is 5. The highest BCUT2D eigenvalue weighted by molar-refractivity contribution is 7.86. The molecule has 0 aliphatic heterocycles. The molecule has 0 N–H and O–H groups in total. The highest BCUT2D eigenvalue weighted by Gasteiger charge is 2.19. The third-order valence-corrected chi connectivity index (χ3v) is 4.70. The molecule has 0 spiro atoms. The van der Waals surface area contributed by atoms with Crippen molar-refractivity contribution < 1.29 is 17.3 Å². The Morgan fingerprint density at radius 2 is 1.62 bits per heavy atom. The summed E-state index contributed by atoms with van der Waals surface area (Å²) in [4.78, 5) is 4.65. The summed E-state index contributed by atoms with van der Waals surface area (Å²) in [6.07, 6.45) is 2.99. The van der Waals surface area contributed by atoms with Crippen LogP contribution in [0.15, 0.2) is 24.4 Å². The number of hydrogen-bond donors (Lipinski definition) is 0. The standard InChI is InChI=1S/C19H22N2O4S/c1-11-7-15(24-5)8-12(2)18(11)21-10-13(3)17-16(25-26(6,22)23)9-14(4)20-19(17)21/h7-10H,1-6H3. The lowest BCUT2D eigenvalue weighted by Gasteiger charge is -2.14. The minimum atomic E-state index is -3.64. The molecule has 0 aliphatic rings. The molecular weight excluding hydrogens is 352 g/mol. The molecule has 3 aromatic rings. The molecule has 3 rings (SSSR count). The number of methoxy groups -OCH3 is 1. The van der Waals surface area contributed by atoms with Gasteiger partial charge in [0.05, 0.1) is 24.4 Å². The van der Waals surface area contributed by atoms with Crippen LogP contribution in [0.4, 0.5) is 0 Å². The molecule has 26 heavy (non-hydrogen) atoms. The van der Waals surface area contributed by atoms with E-state index in [1.165, 1.54) is 0 Å². The van der Waals surface area contributed by atoms with E-state index in [0.29, 0.717) is 22.5 Å². The molecule has 2 heterocycles. The minimum absolute atomic E-state index is 0.301. The molecule has 0 unspecified atom stereocenters. The second-order valence-electron chi connectivity index (χ2n) is 6.54. The summed E-state index contributed by atoms with van der Waals surface area (Å²) in [5, 5.41) is 0.690. The van der Waals surface area contributed by atoms with E-state index in [0.717, 1.165) is 34.4 Å². The van der Waals surface area contributed by atoms with Crippen molar-refractivity contribution in [1.82, 2.24) is 9.55 Å². The van der Waals surface area contributed by atoms with Gasteiger partial charge in [-0.2, -0.15) is 8.42 Å². The molecule has 1 aromatic carbocycles. The zero-order valence-corrected chi connectivity index (χ0v) is 16.6. The molecule has 0 atom stereocenters. The Hall–Kier alpha value is -2.54. The van der Waals surface area contributed by atoms with Crippen LogP contribution in [-0.2, 0) is 10.1 Å². The smallest absolute Gasteiger partial charge is 0.306 e. The van der Waals surface area contributed by atoms with E-state index in [1.807, 2.05) is 50.6 Å². The van der Waals surface area contributed by atoms with E-state index in [2.05, 4.69) is 4.98 Å². The number of aryl methyl sites for hydroxylation is 4. The fraction of sp³-hybridized carbons (Fsp3) is 0.316. The lowest BCUT2D eigenvalue weighted by Crippen LogP contribution is -2.07. The summed E-state index contributed by atoms with van der Waals surface area (Å²) in [6.45, 7) is 7.75. The third-order valence-electron chi connectivity index (χ3n) is 4.22. The van der Waals surface area contributed by atoms with Gasteiger partial charge in [-0.15, -0.1) is 0 Å². The van der Waals surface area contributed by atoms with Crippen molar-refractivity contribution in [2.24, 2.45) is 0 Å². The topological polar surface area (TPSA) is 70.4 Å². The maximum Gasteiger partial charge on any atom is 0.306 e. The highest BCUT2D eigenvalue weighted by Crippen LogP contribution is 2.35. The molecule has 0 saturated carbocycles. The summed E-state index contributed by atoms with van der Waals surface area (Å²) in [5.41, 5.74) is 5.30. The largest absolute Gasteiger partial charge is 0.497 e. The molecule has 0 radical (unpaired) electrons. The minimum Gasteiger partial charge on any atom is -0.497 e. The number of ether oxygens (including phenoxy) is 1. The number of rotatable bonds is 4. The fourth-order valence-electron chi connectivity index (χ4n) is 3.30. The van der Waals surface area contributed by atoms with Crippen LogP contribution in [0, 0.1) is 27.7 Å². The van der Waals surface area contributed by atoms with Gasteiger partial charge in [0.15, 0.2) is 5.75 Å². The zero-order chi connectivity index (χ0) is 19.2. The van der Waals surface area contributed by atoms with Gasteiger partial charge in [-0.3, -0.25) is 0 Å². The Morgan fingerprint density at radius 1 is 1.00 bits per heavy atom. The predicted molar refractivity (Wildman–Crippen MR) is 102 cm³/mol. The maximum absolute atomic E-state index is 11.7. The lowest BCUT2D eigenvalue weighted by molar-refractivity contribution is 0.414. The molecule has 7 heteroatoms. The van der Waals surface area contributed by atoms with Gasteiger partial charge in [-0.1, -0.05) is 0 Å². The summed E-state index contributed by atoms with van der Waals surface area (Å²) < 4.78 is 35.9. The molecule has 0 aliphatic carbocycles. The van der Waals surface area contributed by atoms with E-state index < -0.39 is 10.1 Å². The molecule has 2 aromatic heterocycles. The van der Waals surface area contributed by atoms with Gasteiger partial charge in [0, 0.05) is 18.0 Å². The van der Waals surface area contributed by atoms with Crippen LogP contribution in [-0.4, -0.2) is 31.3 Å². The van der Waals surface area contributed by atoms with Crippen molar-refractivity contribution in [3.8, 4) is 17.2 Å². The Labute approximate surface area is 153 Å². The van der Waals surface area contributed by atoms with Gasteiger partial charge >= 0.3 is 10.1 Å².